The van der Waals surface area contributed by atoms with Crippen LogP contribution in [0.25, 0.3) is 26.6 Å². The molecule has 0 unspecified atom stereocenters. The number of hydrogen-bond acceptors (Lipinski definition) is 8. The van der Waals surface area contributed by atoms with Gasteiger partial charge in [-0.05, 0) is 54.4 Å². The molecule has 0 bridgehead atoms. The van der Waals surface area contributed by atoms with Crippen molar-refractivity contribution in [3.63, 3.8) is 0 Å². The zero-order valence-corrected chi connectivity index (χ0v) is 20.0. The Kier molecular flexibility index (Phi) is 5.70. The van der Waals surface area contributed by atoms with Crippen molar-refractivity contribution >= 4 is 27.3 Å². The van der Waals surface area contributed by atoms with E-state index in [2.05, 4.69) is 11.9 Å². The van der Waals surface area contributed by atoms with Crippen molar-refractivity contribution in [3.05, 3.63) is 71.7 Å². The number of ether oxygens (including phenoxy) is 2. The third-order valence-corrected chi connectivity index (χ3v) is 6.80. The van der Waals surface area contributed by atoms with E-state index in [1.165, 1.54) is 42.5 Å². The van der Waals surface area contributed by atoms with Crippen LogP contribution in [-0.2, 0) is 6.42 Å². The third kappa shape index (κ3) is 3.70. The molecular formula is C26H22N2O6S. The molecule has 0 aliphatic heterocycles. The summed E-state index contributed by atoms with van der Waals surface area (Å²) in [6, 6.07) is 14.1. The van der Waals surface area contributed by atoms with Crippen LogP contribution in [-0.4, -0.2) is 39.8 Å². The van der Waals surface area contributed by atoms with E-state index in [1.54, 1.807) is 24.3 Å². The molecule has 9 heteroatoms. The minimum atomic E-state index is -0.601. The summed E-state index contributed by atoms with van der Waals surface area (Å²) in [6.45, 7) is 2.07. The van der Waals surface area contributed by atoms with Crippen molar-refractivity contribution < 1.29 is 28.9 Å². The maximum absolute atomic E-state index is 13.5. The van der Waals surface area contributed by atoms with Gasteiger partial charge in [-0.15, -0.1) is 0 Å². The predicted molar refractivity (Wildman–Crippen MR) is 132 cm³/mol. The summed E-state index contributed by atoms with van der Waals surface area (Å²) in [6.07, 6.45) is 2.23. The average Bonchev–Trinajstić information content (AvgIpc) is 3.61. The molecule has 0 aliphatic rings. The van der Waals surface area contributed by atoms with Crippen molar-refractivity contribution in [3.8, 4) is 39.5 Å². The van der Waals surface area contributed by atoms with Gasteiger partial charge in [0.1, 0.15) is 11.5 Å². The molecular weight excluding hydrogens is 468 g/mol. The zero-order chi connectivity index (χ0) is 24.7. The number of fused-ring (bicyclic) bond motifs is 1. The average molecular weight is 491 g/mol. The summed E-state index contributed by atoms with van der Waals surface area (Å²) in [4.78, 5) is 18.1. The number of carbonyl (C=O) groups is 1. The van der Waals surface area contributed by atoms with Crippen molar-refractivity contribution in [2.24, 2.45) is 0 Å². The largest absolute Gasteiger partial charge is 0.503 e. The second-order valence-corrected chi connectivity index (χ2v) is 8.77. The van der Waals surface area contributed by atoms with Crippen LogP contribution in [0.3, 0.4) is 0 Å². The zero-order valence-electron chi connectivity index (χ0n) is 19.2. The third-order valence-electron chi connectivity index (χ3n) is 5.80. The Bertz CT molecular complexity index is 1550. The van der Waals surface area contributed by atoms with Crippen molar-refractivity contribution in [1.29, 1.82) is 0 Å². The molecule has 0 saturated heterocycles. The number of aryl methyl sites for hydroxylation is 1. The standard InChI is InChI=1S/C26H22N2O6S/c1-4-14-7-9-17-20(12-14)35-26(27-17)28-22(16-13-15(32-2)8-10-18(16)33-3)21(24(30)25(28)31)23(29)19-6-5-11-34-19/h5-13,30-31H,4H2,1-3H3. The molecule has 3 heterocycles. The summed E-state index contributed by atoms with van der Waals surface area (Å²) in [5.41, 5.74) is 2.36. The topological polar surface area (TPSA) is 107 Å². The molecule has 5 aromatic rings. The van der Waals surface area contributed by atoms with E-state index in [0.29, 0.717) is 22.2 Å². The number of thiazole rings is 1. The number of aromatic hydroxyl groups is 2. The molecule has 0 spiro atoms. The lowest BCUT2D eigenvalue weighted by molar-refractivity contribution is 0.101. The number of nitrogens with zero attached hydrogens (tertiary/aromatic N) is 2. The maximum atomic E-state index is 13.5. The number of hydrogen-bond donors (Lipinski definition) is 2. The van der Waals surface area contributed by atoms with E-state index in [9.17, 15) is 15.0 Å². The number of rotatable bonds is 7. The summed E-state index contributed by atoms with van der Waals surface area (Å²) in [5.74, 6) is -0.782. The highest BCUT2D eigenvalue weighted by Crippen LogP contribution is 2.48. The van der Waals surface area contributed by atoms with Crippen LogP contribution in [0.1, 0.15) is 28.6 Å². The lowest BCUT2D eigenvalue weighted by Gasteiger charge is -2.14. The first-order chi connectivity index (χ1) is 17.0. The van der Waals surface area contributed by atoms with Gasteiger partial charge in [0.15, 0.2) is 16.6 Å². The normalized spacial score (nSPS) is 11.2. The van der Waals surface area contributed by atoms with Gasteiger partial charge >= 0.3 is 0 Å². The summed E-state index contributed by atoms with van der Waals surface area (Å²) >= 11 is 1.33. The Labute approximate surface area is 204 Å². The fraction of sp³-hybridized carbons (Fsp3) is 0.154. The molecule has 3 aromatic heterocycles. The molecule has 5 rings (SSSR count). The SMILES string of the molecule is CCc1ccc2nc(-n3c(O)c(O)c(C(=O)c4ccco4)c3-c3cc(OC)ccc3OC)sc2c1. The molecule has 8 nitrogen and oxygen atoms in total. The van der Waals surface area contributed by atoms with Gasteiger partial charge in [0.2, 0.25) is 11.7 Å². The molecule has 2 aromatic carbocycles. The Balaban J connectivity index is 1.85. The van der Waals surface area contributed by atoms with Gasteiger partial charge in [-0.1, -0.05) is 24.3 Å². The lowest BCUT2D eigenvalue weighted by Crippen LogP contribution is -2.05. The first kappa shape index (κ1) is 22.5. The summed E-state index contributed by atoms with van der Waals surface area (Å²) in [5, 5.41) is 22.5. The predicted octanol–water partition coefficient (Wildman–Crippen LogP) is 5.57. The molecule has 0 saturated carbocycles. The van der Waals surface area contributed by atoms with E-state index >= 15 is 0 Å². The fourth-order valence-electron chi connectivity index (χ4n) is 4.01. The number of carbonyl (C=O) groups excluding carboxylic acids is 1. The Morgan fingerprint density at radius 2 is 1.94 bits per heavy atom. The lowest BCUT2D eigenvalue weighted by atomic mass is 10.0. The second kappa shape index (κ2) is 8.84. The maximum Gasteiger partial charge on any atom is 0.242 e. The molecule has 178 valence electrons. The van der Waals surface area contributed by atoms with Gasteiger partial charge in [-0.2, -0.15) is 0 Å². The van der Waals surface area contributed by atoms with Crippen LogP contribution in [0.4, 0.5) is 0 Å². The minimum Gasteiger partial charge on any atom is -0.503 e. The van der Waals surface area contributed by atoms with E-state index in [-0.39, 0.29) is 17.0 Å². The minimum absolute atomic E-state index is 0.0115. The van der Waals surface area contributed by atoms with Crippen LogP contribution in [0.2, 0.25) is 0 Å². The van der Waals surface area contributed by atoms with Gasteiger partial charge in [-0.3, -0.25) is 9.36 Å². The Morgan fingerprint density at radius 1 is 1.11 bits per heavy atom. The van der Waals surface area contributed by atoms with Gasteiger partial charge in [0.05, 0.1) is 42.0 Å². The van der Waals surface area contributed by atoms with Crippen molar-refractivity contribution in [1.82, 2.24) is 9.55 Å². The Morgan fingerprint density at radius 3 is 2.63 bits per heavy atom. The highest BCUT2D eigenvalue weighted by atomic mass is 32.1. The molecule has 0 aliphatic carbocycles. The molecule has 0 atom stereocenters. The number of ketones is 1. The van der Waals surface area contributed by atoms with Crippen molar-refractivity contribution in [2.75, 3.05) is 14.2 Å². The number of methoxy groups -OCH3 is 2. The summed E-state index contributed by atoms with van der Waals surface area (Å²) in [7, 11) is 3.02. The number of benzene rings is 2. The van der Waals surface area contributed by atoms with E-state index in [0.717, 1.165) is 22.2 Å². The molecule has 0 amide bonds. The van der Waals surface area contributed by atoms with E-state index in [1.807, 2.05) is 18.2 Å². The highest BCUT2D eigenvalue weighted by molar-refractivity contribution is 7.20. The van der Waals surface area contributed by atoms with Crippen LogP contribution < -0.4 is 9.47 Å². The van der Waals surface area contributed by atoms with Gasteiger partial charge in [0.25, 0.3) is 0 Å². The molecule has 0 radical (unpaired) electrons. The smallest absolute Gasteiger partial charge is 0.242 e. The van der Waals surface area contributed by atoms with Crippen LogP contribution in [0.15, 0.2) is 59.2 Å². The van der Waals surface area contributed by atoms with Crippen LogP contribution >= 0.6 is 11.3 Å². The second-order valence-electron chi connectivity index (χ2n) is 7.76. The quantitative estimate of drug-likeness (QED) is 0.287. The first-order valence-electron chi connectivity index (χ1n) is 10.8. The van der Waals surface area contributed by atoms with E-state index < -0.39 is 17.4 Å². The number of furan rings is 1. The van der Waals surface area contributed by atoms with Gasteiger partial charge in [0, 0.05) is 5.56 Å². The highest BCUT2D eigenvalue weighted by Gasteiger charge is 2.33. The monoisotopic (exact) mass is 490 g/mol. The van der Waals surface area contributed by atoms with Crippen molar-refractivity contribution in [2.45, 2.75) is 13.3 Å². The first-order valence-corrected chi connectivity index (χ1v) is 11.7. The van der Waals surface area contributed by atoms with Crippen LogP contribution in [0.5, 0.6) is 23.1 Å². The fourth-order valence-corrected chi connectivity index (χ4v) is 5.04. The number of aromatic nitrogens is 2. The Hall–Kier alpha value is -4.24. The van der Waals surface area contributed by atoms with Crippen LogP contribution in [0, 0.1) is 0 Å². The van der Waals surface area contributed by atoms with E-state index in [4.69, 9.17) is 13.9 Å². The summed E-state index contributed by atoms with van der Waals surface area (Å²) < 4.78 is 18.5. The molecule has 35 heavy (non-hydrogen) atoms. The van der Waals surface area contributed by atoms with Gasteiger partial charge in [-0.25, -0.2) is 4.98 Å². The molecule has 0 fully saturated rings. The molecule has 2 N–H and O–H groups in total. The van der Waals surface area contributed by atoms with Gasteiger partial charge < -0.3 is 24.1 Å².